The number of nitrogens with one attached hydrogen (secondary N) is 1. The van der Waals surface area contributed by atoms with Crippen molar-refractivity contribution in [2.24, 2.45) is 0 Å². The lowest BCUT2D eigenvalue weighted by molar-refractivity contribution is -0.305. The van der Waals surface area contributed by atoms with Gasteiger partial charge in [-0.2, -0.15) is 0 Å². The standard InChI is InChI=1S/C53H91NO10/c1-4-7-10-13-16-19-22-24-26-29-32-35-38-41-48(58)64-51-50(60)49(59)47(42-55)63-53(51)62-43-44(45(56)39-36-33-30-28-25-23-20-17-14-11-8-5-2)54-52(61)46(57)40-37-34-31-27-21-18-15-12-9-6-3/h7,10,13,15-16,18-19,22,24,26,36,39,44-47,49-51,53,55-57,59-60H,4-6,8-9,11-12,14,17,20-21,23,25,27-35,37-38,40-43H2,1-3H3,(H,54,61)/b10-7+,16-13+,18-15-,22-19-,26-24-,39-36+. The second-order valence-electron chi connectivity index (χ2n) is 17.3. The summed E-state index contributed by atoms with van der Waals surface area (Å²) in [5, 5.41) is 56.4. The molecule has 0 radical (unpaired) electrons. The summed E-state index contributed by atoms with van der Waals surface area (Å²) in [6.45, 7) is 5.52. The van der Waals surface area contributed by atoms with Crippen LogP contribution in [0.3, 0.4) is 0 Å². The van der Waals surface area contributed by atoms with Crippen LogP contribution in [0.4, 0.5) is 0 Å². The van der Waals surface area contributed by atoms with Gasteiger partial charge in [0.2, 0.25) is 5.91 Å². The number of esters is 1. The van der Waals surface area contributed by atoms with Gasteiger partial charge in [0, 0.05) is 6.42 Å². The van der Waals surface area contributed by atoms with Crippen molar-refractivity contribution >= 4 is 11.9 Å². The zero-order chi connectivity index (χ0) is 46.9. The Labute approximate surface area is 388 Å². The lowest BCUT2D eigenvalue weighted by atomic mass is 9.99. The molecule has 0 aromatic carbocycles. The SMILES string of the molecule is CC/C=C/C=C/C=C\C=C/CCCCCC(=O)OC1C(OCC(NC(=O)C(O)CCCCCC/C=C\CCCC)C(O)/C=C/CCCCCCCCCCCC)OC(CO)C(O)C1O. The first-order chi connectivity index (χ1) is 31.2. The van der Waals surface area contributed by atoms with Crippen LogP contribution in [0.5, 0.6) is 0 Å². The fourth-order valence-electron chi connectivity index (χ4n) is 7.35. The zero-order valence-electron chi connectivity index (χ0n) is 40.1. The van der Waals surface area contributed by atoms with E-state index >= 15 is 0 Å². The minimum Gasteiger partial charge on any atom is -0.454 e. The van der Waals surface area contributed by atoms with Crippen LogP contribution < -0.4 is 5.32 Å². The van der Waals surface area contributed by atoms with Gasteiger partial charge in [-0.15, -0.1) is 0 Å². The molecule has 8 atom stereocenters. The van der Waals surface area contributed by atoms with Gasteiger partial charge in [-0.3, -0.25) is 9.59 Å². The molecule has 1 heterocycles. The summed E-state index contributed by atoms with van der Waals surface area (Å²) in [4.78, 5) is 26.2. The summed E-state index contributed by atoms with van der Waals surface area (Å²) in [6.07, 6.45) is 39.7. The normalized spacial score (nSPS) is 21.0. The topological polar surface area (TPSA) is 175 Å². The number of aliphatic hydroxyl groups is 5. The highest BCUT2D eigenvalue weighted by Crippen LogP contribution is 2.26. The van der Waals surface area contributed by atoms with Gasteiger partial charge >= 0.3 is 5.97 Å². The maximum atomic E-state index is 13.3. The Hall–Kier alpha value is -2.90. The van der Waals surface area contributed by atoms with Crippen LogP contribution in [-0.2, 0) is 23.8 Å². The van der Waals surface area contributed by atoms with Crippen molar-refractivity contribution in [3.63, 3.8) is 0 Å². The fourth-order valence-corrected chi connectivity index (χ4v) is 7.35. The number of hydrogen-bond acceptors (Lipinski definition) is 10. The molecule has 0 aromatic rings. The van der Waals surface area contributed by atoms with Crippen molar-refractivity contribution in [3.8, 4) is 0 Å². The predicted molar refractivity (Wildman–Crippen MR) is 259 cm³/mol. The Morgan fingerprint density at radius 1 is 0.625 bits per heavy atom. The summed E-state index contributed by atoms with van der Waals surface area (Å²) in [6, 6.07) is -1.04. The summed E-state index contributed by atoms with van der Waals surface area (Å²) in [5.74, 6) is -1.25. The molecule has 0 aromatic heterocycles. The van der Waals surface area contributed by atoms with Crippen molar-refractivity contribution in [3.05, 3.63) is 72.9 Å². The Morgan fingerprint density at radius 2 is 1.16 bits per heavy atom. The molecule has 0 saturated carbocycles. The van der Waals surface area contributed by atoms with E-state index in [0.29, 0.717) is 12.8 Å². The van der Waals surface area contributed by atoms with E-state index < -0.39 is 67.4 Å². The highest BCUT2D eigenvalue weighted by Gasteiger charge is 2.47. The molecule has 1 rings (SSSR count). The van der Waals surface area contributed by atoms with Gasteiger partial charge in [0.25, 0.3) is 0 Å². The number of carbonyl (C=O) groups is 2. The van der Waals surface area contributed by atoms with Crippen molar-refractivity contribution in [1.82, 2.24) is 5.32 Å². The van der Waals surface area contributed by atoms with E-state index in [2.05, 4.69) is 50.4 Å². The minimum absolute atomic E-state index is 0.0738. The number of ether oxygens (including phenoxy) is 3. The largest absolute Gasteiger partial charge is 0.454 e. The number of hydrogen-bond donors (Lipinski definition) is 6. The molecule has 11 nitrogen and oxygen atoms in total. The average molecular weight is 902 g/mol. The predicted octanol–water partition coefficient (Wildman–Crippen LogP) is 10.1. The van der Waals surface area contributed by atoms with Crippen molar-refractivity contribution in [1.29, 1.82) is 0 Å². The van der Waals surface area contributed by atoms with E-state index in [0.717, 1.165) is 77.0 Å². The van der Waals surface area contributed by atoms with Crippen LogP contribution >= 0.6 is 0 Å². The zero-order valence-corrected chi connectivity index (χ0v) is 40.1. The van der Waals surface area contributed by atoms with Gasteiger partial charge in [0.15, 0.2) is 12.4 Å². The Morgan fingerprint density at radius 3 is 1.78 bits per heavy atom. The average Bonchev–Trinajstić information content (AvgIpc) is 3.29. The van der Waals surface area contributed by atoms with Gasteiger partial charge in [0.1, 0.15) is 24.4 Å². The molecule has 1 amide bonds. The summed E-state index contributed by atoms with van der Waals surface area (Å²) >= 11 is 0. The van der Waals surface area contributed by atoms with Crippen LogP contribution in [0.25, 0.3) is 0 Å². The fraction of sp³-hybridized carbons (Fsp3) is 0.736. The van der Waals surface area contributed by atoms with Crippen LogP contribution in [0.2, 0.25) is 0 Å². The molecule has 368 valence electrons. The molecule has 1 aliphatic rings. The second-order valence-corrected chi connectivity index (χ2v) is 17.3. The van der Waals surface area contributed by atoms with Gasteiger partial charge < -0.3 is 45.1 Å². The van der Waals surface area contributed by atoms with Crippen molar-refractivity contribution < 1.29 is 49.3 Å². The Balaban J connectivity index is 2.84. The maximum Gasteiger partial charge on any atom is 0.306 e. The first kappa shape index (κ1) is 59.1. The molecule has 0 aliphatic carbocycles. The molecule has 8 unspecified atom stereocenters. The molecule has 0 bridgehead atoms. The number of unbranched alkanes of at least 4 members (excludes halogenated alkanes) is 19. The van der Waals surface area contributed by atoms with Crippen molar-refractivity contribution in [2.45, 2.75) is 237 Å². The molecule has 1 saturated heterocycles. The van der Waals surface area contributed by atoms with Crippen LogP contribution in [0.1, 0.15) is 188 Å². The number of amides is 1. The molecule has 64 heavy (non-hydrogen) atoms. The smallest absolute Gasteiger partial charge is 0.306 e. The third-order valence-electron chi connectivity index (χ3n) is 11.4. The first-order valence-electron chi connectivity index (χ1n) is 25.3. The summed E-state index contributed by atoms with van der Waals surface area (Å²) < 4.78 is 17.4. The van der Waals surface area contributed by atoms with E-state index in [4.69, 9.17) is 14.2 Å². The first-order valence-corrected chi connectivity index (χ1v) is 25.3. The summed E-state index contributed by atoms with van der Waals surface area (Å²) in [5.41, 5.74) is 0. The van der Waals surface area contributed by atoms with E-state index in [1.165, 1.54) is 64.2 Å². The van der Waals surface area contributed by atoms with Crippen LogP contribution in [0, 0.1) is 0 Å². The third kappa shape index (κ3) is 30.3. The van der Waals surface area contributed by atoms with E-state index in [1.807, 2.05) is 42.5 Å². The number of rotatable bonds is 40. The molecular weight excluding hydrogens is 811 g/mol. The van der Waals surface area contributed by atoms with Crippen LogP contribution in [-0.4, -0.2) is 99.6 Å². The minimum atomic E-state index is -1.63. The second kappa shape index (κ2) is 41.5. The van der Waals surface area contributed by atoms with Crippen molar-refractivity contribution in [2.75, 3.05) is 13.2 Å². The van der Waals surface area contributed by atoms with Crippen LogP contribution in [0.15, 0.2) is 72.9 Å². The molecule has 6 N–H and O–H groups in total. The highest BCUT2D eigenvalue weighted by atomic mass is 16.7. The molecule has 1 aliphatic heterocycles. The van der Waals surface area contributed by atoms with Gasteiger partial charge in [0.05, 0.1) is 25.4 Å². The molecule has 0 spiro atoms. The number of allylic oxidation sites excluding steroid dienone is 11. The van der Waals surface area contributed by atoms with E-state index in [1.54, 1.807) is 6.08 Å². The monoisotopic (exact) mass is 902 g/mol. The van der Waals surface area contributed by atoms with Gasteiger partial charge in [-0.1, -0.05) is 190 Å². The molecule has 1 fully saturated rings. The number of aliphatic hydroxyl groups excluding tert-OH is 5. The maximum absolute atomic E-state index is 13.3. The summed E-state index contributed by atoms with van der Waals surface area (Å²) in [7, 11) is 0. The lowest BCUT2D eigenvalue weighted by Gasteiger charge is -2.41. The highest BCUT2D eigenvalue weighted by molar-refractivity contribution is 5.80. The van der Waals surface area contributed by atoms with E-state index in [9.17, 15) is 35.1 Å². The van der Waals surface area contributed by atoms with E-state index in [-0.39, 0.29) is 19.4 Å². The Bertz CT molecular complexity index is 1310. The Kier molecular flexibility index (Phi) is 38.4. The van der Waals surface area contributed by atoms with Gasteiger partial charge in [-0.25, -0.2) is 0 Å². The van der Waals surface area contributed by atoms with Gasteiger partial charge in [-0.05, 0) is 64.2 Å². The quantitative estimate of drug-likeness (QED) is 0.0150. The molecule has 11 heteroatoms. The third-order valence-corrected chi connectivity index (χ3v) is 11.4. The number of carbonyl (C=O) groups excluding carboxylic acids is 2. The molecular formula is C53H91NO10. The lowest BCUT2D eigenvalue weighted by Crippen LogP contribution is -2.61.